The van der Waals surface area contributed by atoms with Gasteiger partial charge in [0.05, 0.1) is 0 Å². The SMILES string of the molecule is CC1CNCCN1CCSc1ccc(F)cc1. The van der Waals surface area contributed by atoms with Crippen molar-refractivity contribution in [2.24, 2.45) is 0 Å². The molecule has 1 atom stereocenters. The third-order valence-corrected chi connectivity index (χ3v) is 4.09. The molecule has 1 aromatic rings. The van der Waals surface area contributed by atoms with Crippen molar-refractivity contribution < 1.29 is 4.39 Å². The van der Waals surface area contributed by atoms with Crippen LogP contribution in [0.25, 0.3) is 0 Å². The van der Waals surface area contributed by atoms with Crippen LogP contribution in [-0.4, -0.2) is 42.9 Å². The van der Waals surface area contributed by atoms with Gasteiger partial charge in [-0.1, -0.05) is 0 Å². The molecule has 1 N–H and O–H groups in total. The number of halogens is 1. The van der Waals surface area contributed by atoms with E-state index in [0.717, 1.165) is 36.8 Å². The normalized spacial score (nSPS) is 21.6. The molecular weight excluding hydrogens is 235 g/mol. The van der Waals surface area contributed by atoms with Crippen LogP contribution in [0.3, 0.4) is 0 Å². The molecule has 1 aliphatic rings. The molecule has 1 heterocycles. The largest absolute Gasteiger partial charge is 0.314 e. The molecule has 4 heteroatoms. The zero-order valence-electron chi connectivity index (χ0n) is 10.2. The molecule has 94 valence electrons. The first-order valence-electron chi connectivity index (χ1n) is 6.09. The minimum Gasteiger partial charge on any atom is -0.314 e. The maximum absolute atomic E-state index is 12.7. The Morgan fingerprint density at radius 2 is 2.18 bits per heavy atom. The molecular formula is C13H19FN2S. The Kier molecular flexibility index (Phi) is 4.83. The summed E-state index contributed by atoms with van der Waals surface area (Å²) in [6, 6.07) is 7.37. The molecule has 1 aliphatic heterocycles. The third-order valence-electron chi connectivity index (χ3n) is 3.10. The predicted octanol–water partition coefficient (Wildman–Crippen LogP) is 2.21. The molecule has 1 aromatic carbocycles. The van der Waals surface area contributed by atoms with Gasteiger partial charge < -0.3 is 5.32 Å². The second-order valence-electron chi connectivity index (χ2n) is 4.39. The molecule has 0 aliphatic carbocycles. The first-order chi connectivity index (χ1) is 8.25. The first-order valence-corrected chi connectivity index (χ1v) is 7.07. The molecule has 0 bridgehead atoms. The fraction of sp³-hybridized carbons (Fsp3) is 0.538. The van der Waals surface area contributed by atoms with Crippen LogP contribution in [0.2, 0.25) is 0 Å². The van der Waals surface area contributed by atoms with Crippen molar-refractivity contribution in [3.8, 4) is 0 Å². The van der Waals surface area contributed by atoms with E-state index >= 15 is 0 Å². The number of benzene rings is 1. The van der Waals surface area contributed by atoms with E-state index in [9.17, 15) is 4.39 Å². The minimum absolute atomic E-state index is 0.162. The number of thioether (sulfide) groups is 1. The lowest BCUT2D eigenvalue weighted by atomic mass is 10.2. The molecule has 1 unspecified atom stereocenters. The summed E-state index contributed by atoms with van der Waals surface area (Å²) in [6.45, 7) is 6.66. The third kappa shape index (κ3) is 3.98. The van der Waals surface area contributed by atoms with Gasteiger partial charge in [-0.3, -0.25) is 4.90 Å². The number of rotatable bonds is 4. The lowest BCUT2D eigenvalue weighted by Crippen LogP contribution is -2.50. The zero-order chi connectivity index (χ0) is 12.1. The minimum atomic E-state index is -0.162. The number of nitrogens with zero attached hydrogens (tertiary/aromatic N) is 1. The van der Waals surface area contributed by atoms with Crippen LogP contribution in [0.4, 0.5) is 4.39 Å². The van der Waals surface area contributed by atoms with Crippen molar-refractivity contribution in [1.29, 1.82) is 0 Å². The fourth-order valence-corrected chi connectivity index (χ4v) is 2.92. The van der Waals surface area contributed by atoms with Gasteiger partial charge in [-0.25, -0.2) is 4.39 Å². The monoisotopic (exact) mass is 254 g/mol. The summed E-state index contributed by atoms with van der Waals surface area (Å²) in [5.74, 6) is 0.903. The number of nitrogens with one attached hydrogen (secondary N) is 1. The van der Waals surface area contributed by atoms with Crippen molar-refractivity contribution in [2.75, 3.05) is 31.9 Å². The van der Waals surface area contributed by atoms with Gasteiger partial charge in [0.15, 0.2) is 0 Å². The average Bonchev–Trinajstić information content (AvgIpc) is 2.34. The molecule has 0 saturated carbocycles. The van der Waals surface area contributed by atoms with E-state index in [0.29, 0.717) is 6.04 Å². The maximum Gasteiger partial charge on any atom is 0.123 e. The summed E-state index contributed by atoms with van der Waals surface area (Å²) in [6.07, 6.45) is 0. The highest BCUT2D eigenvalue weighted by Gasteiger charge is 2.16. The van der Waals surface area contributed by atoms with Gasteiger partial charge in [-0.2, -0.15) is 0 Å². The summed E-state index contributed by atoms with van der Waals surface area (Å²) in [5.41, 5.74) is 0. The quantitative estimate of drug-likeness (QED) is 0.829. The summed E-state index contributed by atoms with van der Waals surface area (Å²) >= 11 is 1.80. The summed E-state index contributed by atoms with van der Waals surface area (Å²) in [7, 11) is 0. The van der Waals surface area contributed by atoms with Crippen molar-refractivity contribution in [3.05, 3.63) is 30.1 Å². The average molecular weight is 254 g/mol. The Morgan fingerprint density at radius 1 is 1.41 bits per heavy atom. The van der Waals surface area contributed by atoms with E-state index in [1.54, 1.807) is 11.8 Å². The molecule has 0 spiro atoms. The molecule has 0 aromatic heterocycles. The van der Waals surface area contributed by atoms with Crippen molar-refractivity contribution in [3.63, 3.8) is 0 Å². The number of hydrogen-bond acceptors (Lipinski definition) is 3. The topological polar surface area (TPSA) is 15.3 Å². The second kappa shape index (κ2) is 6.38. The Hall–Kier alpha value is -0.580. The standard InChI is InChI=1S/C13H19FN2S/c1-11-10-15-6-7-16(11)8-9-17-13-4-2-12(14)3-5-13/h2-5,11,15H,6-10H2,1H3. The van der Waals surface area contributed by atoms with Crippen LogP contribution in [0.5, 0.6) is 0 Å². The van der Waals surface area contributed by atoms with E-state index in [4.69, 9.17) is 0 Å². The highest BCUT2D eigenvalue weighted by atomic mass is 32.2. The Bertz CT molecular complexity index is 342. The molecule has 2 rings (SSSR count). The molecule has 0 amide bonds. The lowest BCUT2D eigenvalue weighted by Gasteiger charge is -2.33. The van der Waals surface area contributed by atoms with Gasteiger partial charge in [-0.05, 0) is 31.2 Å². The van der Waals surface area contributed by atoms with Gasteiger partial charge in [0, 0.05) is 42.9 Å². The van der Waals surface area contributed by atoms with E-state index in [1.807, 2.05) is 12.1 Å². The Balaban J connectivity index is 1.73. The van der Waals surface area contributed by atoms with Gasteiger partial charge >= 0.3 is 0 Å². The summed E-state index contributed by atoms with van der Waals surface area (Å²) < 4.78 is 12.7. The van der Waals surface area contributed by atoms with Crippen LogP contribution in [0.1, 0.15) is 6.92 Å². The number of piperazine rings is 1. The highest BCUT2D eigenvalue weighted by Crippen LogP contribution is 2.18. The lowest BCUT2D eigenvalue weighted by molar-refractivity contribution is 0.184. The van der Waals surface area contributed by atoms with Crippen LogP contribution >= 0.6 is 11.8 Å². The Labute approximate surface area is 107 Å². The molecule has 17 heavy (non-hydrogen) atoms. The summed E-state index contributed by atoms with van der Waals surface area (Å²) in [4.78, 5) is 3.65. The highest BCUT2D eigenvalue weighted by molar-refractivity contribution is 7.99. The molecule has 0 radical (unpaired) electrons. The van der Waals surface area contributed by atoms with Gasteiger partial charge in [0.1, 0.15) is 5.82 Å². The van der Waals surface area contributed by atoms with Crippen molar-refractivity contribution >= 4 is 11.8 Å². The maximum atomic E-state index is 12.7. The molecule has 1 fully saturated rings. The van der Waals surface area contributed by atoms with Crippen molar-refractivity contribution in [2.45, 2.75) is 17.9 Å². The molecule has 1 saturated heterocycles. The van der Waals surface area contributed by atoms with Gasteiger partial charge in [0.25, 0.3) is 0 Å². The predicted molar refractivity (Wildman–Crippen MR) is 71.0 cm³/mol. The first kappa shape index (κ1) is 12.9. The van der Waals surface area contributed by atoms with Crippen LogP contribution in [0, 0.1) is 5.82 Å². The second-order valence-corrected chi connectivity index (χ2v) is 5.56. The van der Waals surface area contributed by atoms with E-state index in [-0.39, 0.29) is 5.82 Å². The zero-order valence-corrected chi connectivity index (χ0v) is 11.0. The van der Waals surface area contributed by atoms with E-state index in [1.165, 1.54) is 12.1 Å². The van der Waals surface area contributed by atoms with Crippen LogP contribution in [0.15, 0.2) is 29.2 Å². The smallest absolute Gasteiger partial charge is 0.123 e. The molecule has 2 nitrogen and oxygen atoms in total. The van der Waals surface area contributed by atoms with Gasteiger partial charge in [-0.15, -0.1) is 11.8 Å². The summed E-state index contributed by atoms with van der Waals surface area (Å²) in [5, 5.41) is 3.39. The van der Waals surface area contributed by atoms with Crippen LogP contribution < -0.4 is 5.32 Å². The van der Waals surface area contributed by atoms with Gasteiger partial charge in [0.2, 0.25) is 0 Å². The van der Waals surface area contributed by atoms with E-state index < -0.39 is 0 Å². The number of hydrogen-bond donors (Lipinski definition) is 1. The van der Waals surface area contributed by atoms with E-state index in [2.05, 4.69) is 17.1 Å². The Morgan fingerprint density at radius 3 is 2.88 bits per heavy atom. The fourth-order valence-electron chi connectivity index (χ4n) is 2.03. The van der Waals surface area contributed by atoms with Crippen LogP contribution in [-0.2, 0) is 0 Å². The van der Waals surface area contributed by atoms with Crippen molar-refractivity contribution in [1.82, 2.24) is 10.2 Å².